The highest BCUT2D eigenvalue weighted by atomic mass is 19.1. The highest BCUT2D eigenvalue weighted by Crippen LogP contribution is 2.27. The average Bonchev–Trinajstić information content (AvgIpc) is 3.04. The number of nitrogens with one attached hydrogen (secondary N) is 1. The topological polar surface area (TPSA) is 99.9 Å². The second-order valence-corrected chi connectivity index (χ2v) is 7.30. The van der Waals surface area contributed by atoms with E-state index in [4.69, 9.17) is 4.84 Å². The van der Waals surface area contributed by atoms with Gasteiger partial charge >= 0.3 is 6.03 Å². The van der Waals surface area contributed by atoms with E-state index in [1.165, 1.54) is 29.6 Å². The van der Waals surface area contributed by atoms with E-state index < -0.39 is 29.7 Å². The number of amides is 3. The molecule has 1 aromatic carbocycles. The molecule has 0 aliphatic carbocycles. The molecule has 0 spiro atoms. The van der Waals surface area contributed by atoms with Crippen LogP contribution in [0, 0.1) is 18.6 Å². The molecule has 0 bridgehead atoms. The zero-order chi connectivity index (χ0) is 21.6. The summed E-state index contributed by atoms with van der Waals surface area (Å²) in [4.78, 5) is 32.3. The van der Waals surface area contributed by atoms with E-state index >= 15 is 0 Å². The van der Waals surface area contributed by atoms with Crippen molar-refractivity contribution >= 4 is 17.6 Å². The Kier molecular flexibility index (Phi) is 5.16. The molecule has 0 radical (unpaired) electrons. The van der Waals surface area contributed by atoms with Gasteiger partial charge in [-0.15, -0.1) is 0 Å². The van der Waals surface area contributed by atoms with Crippen LogP contribution in [0.3, 0.4) is 0 Å². The third kappa shape index (κ3) is 3.39. The van der Waals surface area contributed by atoms with E-state index in [-0.39, 0.29) is 30.9 Å². The number of hydroxylamine groups is 2. The van der Waals surface area contributed by atoms with Gasteiger partial charge in [0.25, 0.3) is 5.91 Å². The summed E-state index contributed by atoms with van der Waals surface area (Å²) in [6.07, 6.45) is -0.208. The summed E-state index contributed by atoms with van der Waals surface area (Å²) in [5.74, 6) is -1.95. The van der Waals surface area contributed by atoms with Gasteiger partial charge in [-0.1, -0.05) is 0 Å². The van der Waals surface area contributed by atoms with Crippen molar-refractivity contribution < 1.29 is 28.3 Å². The van der Waals surface area contributed by atoms with Crippen LogP contribution in [0.4, 0.5) is 19.3 Å². The summed E-state index contributed by atoms with van der Waals surface area (Å²) in [6.45, 7) is 1.63. The van der Waals surface area contributed by atoms with Crippen molar-refractivity contribution in [2.75, 3.05) is 25.5 Å². The minimum Gasteiger partial charge on any atom is -0.393 e. The van der Waals surface area contributed by atoms with Crippen LogP contribution < -0.4 is 5.32 Å². The van der Waals surface area contributed by atoms with Crippen molar-refractivity contribution in [3.63, 3.8) is 0 Å². The SMILES string of the molecule is Cc1c(F)ccc(NC(=O)N2CCc3nn4c(c3C2)C(=O)N(C)OC(CO)C4)c1F. The van der Waals surface area contributed by atoms with Gasteiger partial charge in [-0.25, -0.2) is 18.6 Å². The fourth-order valence-corrected chi connectivity index (χ4v) is 3.66. The van der Waals surface area contributed by atoms with Crippen molar-refractivity contribution in [3.8, 4) is 0 Å². The van der Waals surface area contributed by atoms with Crippen molar-refractivity contribution in [2.24, 2.45) is 0 Å². The van der Waals surface area contributed by atoms with E-state index in [2.05, 4.69) is 10.4 Å². The quantitative estimate of drug-likeness (QED) is 0.765. The van der Waals surface area contributed by atoms with Gasteiger partial charge in [0.2, 0.25) is 0 Å². The van der Waals surface area contributed by atoms with Crippen LogP contribution in [0.2, 0.25) is 0 Å². The molecule has 1 aromatic heterocycles. The summed E-state index contributed by atoms with van der Waals surface area (Å²) in [7, 11) is 1.45. The highest BCUT2D eigenvalue weighted by molar-refractivity contribution is 5.94. The first kappa shape index (κ1) is 20.2. The third-order valence-electron chi connectivity index (χ3n) is 5.33. The summed E-state index contributed by atoms with van der Waals surface area (Å²) in [5, 5.41) is 17.4. The first-order chi connectivity index (χ1) is 14.3. The molecular weight excluding hydrogens is 400 g/mol. The molecular formula is C19H21F2N5O4. The lowest BCUT2D eigenvalue weighted by molar-refractivity contribution is -0.159. The smallest absolute Gasteiger partial charge is 0.322 e. The molecule has 0 saturated heterocycles. The molecule has 30 heavy (non-hydrogen) atoms. The van der Waals surface area contributed by atoms with Gasteiger partial charge < -0.3 is 15.3 Å². The van der Waals surface area contributed by atoms with Gasteiger partial charge in [0.1, 0.15) is 17.6 Å². The number of aliphatic hydroxyl groups is 1. The lowest BCUT2D eigenvalue weighted by Gasteiger charge is -2.27. The predicted molar refractivity (Wildman–Crippen MR) is 101 cm³/mol. The van der Waals surface area contributed by atoms with Gasteiger partial charge in [-0.3, -0.25) is 14.3 Å². The number of carbonyl (C=O) groups is 2. The molecule has 1 atom stereocenters. The number of fused-ring (bicyclic) bond motifs is 3. The summed E-state index contributed by atoms with van der Waals surface area (Å²) in [6, 6.07) is 1.69. The third-order valence-corrected chi connectivity index (χ3v) is 5.33. The van der Waals surface area contributed by atoms with Gasteiger partial charge in [-0.05, 0) is 19.1 Å². The van der Waals surface area contributed by atoms with Crippen molar-refractivity contribution in [2.45, 2.75) is 32.5 Å². The predicted octanol–water partition coefficient (Wildman–Crippen LogP) is 1.44. The molecule has 2 aliphatic heterocycles. The molecule has 2 N–H and O–H groups in total. The summed E-state index contributed by atoms with van der Waals surface area (Å²) in [5.41, 5.74) is 1.28. The van der Waals surface area contributed by atoms with E-state index in [1.807, 2.05) is 0 Å². The van der Waals surface area contributed by atoms with Crippen LogP contribution in [-0.4, -0.2) is 63.1 Å². The van der Waals surface area contributed by atoms with Crippen molar-refractivity contribution in [1.82, 2.24) is 19.7 Å². The minimum absolute atomic E-state index is 0.0989. The molecule has 2 aromatic rings. The molecule has 160 valence electrons. The Morgan fingerprint density at radius 3 is 2.90 bits per heavy atom. The van der Waals surface area contributed by atoms with E-state index in [0.29, 0.717) is 29.9 Å². The monoisotopic (exact) mass is 421 g/mol. The molecule has 2 aliphatic rings. The Bertz CT molecular complexity index is 1020. The maximum atomic E-state index is 14.2. The number of aromatic nitrogens is 2. The first-order valence-electron chi connectivity index (χ1n) is 9.45. The average molecular weight is 421 g/mol. The first-order valence-corrected chi connectivity index (χ1v) is 9.45. The number of halogens is 2. The van der Waals surface area contributed by atoms with Gasteiger partial charge in [0, 0.05) is 31.1 Å². The fraction of sp³-hybridized carbons (Fsp3) is 0.421. The Balaban J connectivity index is 1.58. The number of carbonyl (C=O) groups excluding carboxylic acids is 2. The Morgan fingerprint density at radius 2 is 2.17 bits per heavy atom. The molecule has 11 heteroatoms. The molecule has 1 unspecified atom stereocenters. The van der Waals surface area contributed by atoms with Gasteiger partial charge in [-0.2, -0.15) is 5.10 Å². The number of hydrogen-bond acceptors (Lipinski definition) is 5. The van der Waals surface area contributed by atoms with Crippen LogP contribution in [-0.2, 0) is 24.3 Å². The van der Waals surface area contributed by atoms with E-state index in [1.54, 1.807) is 0 Å². The number of benzene rings is 1. The Labute approximate surface area is 170 Å². The maximum Gasteiger partial charge on any atom is 0.322 e. The van der Waals surface area contributed by atoms with Crippen LogP contribution in [0.5, 0.6) is 0 Å². The fourth-order valence-electron chi connectivity index (χ4n) is 3.66. The van der Waals surface area contributed by atoms with Crippen LogP contribution in [0.15, 0.2) is 12.1 Å². The second kappa shape index (κ2) is 7.65. The number of anilines is 1. The molecule has 0 saturated carbocycles. The largest absolute Gasteiger partial charge is 0.393 e. The number of hydrogen-bond donors (Lipinski definition) is 2. The van der Waals surface area contributed by atoms with Gasteiger partial charge in [0.15, 0.2) is 5.82 Å². The summed E-state index contributed by atoms with van der Waals surface area (Å²) >= 11 is 0. The van der Waals surface area contributed by atoms with Crippen molar-refractivity contribution in [1.29, 1.82) is 0 Å². The zero-order valence-electron chi connectivity index (χ0n) is 16.5. The minimum atomic E-state index is -0.829. The summed E-state index contributed by atoms with van der Waals surface area (Å²) < 4.78 is 29.2. The van der Waals surface area contributed by atoms with Crippen LogP contribution in [0.1, 0.15) is 27.3 Å². The van der Waals surface area contributed by atoms with Crippen LogP contribution >= 0.6 is 0 Å². The van der Waals surface area contributed by atoms with Crippen LogP contribution in [0.25, 0.3) is 0 Å². The maximum absolute atomic E-state index is 14.2. The Morgan fingerprint density at radius 1 is 1.40 bits per heavy atom. The lowest BCUT2D eigenvalue weighted by atomic mass is 10.1. The Hall–Kier alpha value is -3.05. The molecule has 9 nitrogen and oxygen atoms in total. The molecule has 3 heterocycles. The number of rotatable bonds is 2. The molecule has 3 amide bonds. The lowest BCUT2D eigenvalue weighted by Crippen LogP contribution is -2.40. The number of aliphatic hydroxyl groups excluding tert-OH is 1. The second-order valence-electron chi connectivity index (χ2n) is 7.30. The normalized spacial score (nSPS) is 18.7. The van der Waals surface area contributed by atoms with Crippen molar-refractivity contribution in [3.05, 3.63) is 46.3 Å². The van der Waals surface area contributed by atoms with E-state index in [9.17, 15) is 23.5 Å². The number of urea groups is 1. The zero-order valence-corrected chi connectivity index (χ0v) is 16.5. The molecule has 4 rings (SSSR count). The molecule has 0 fully saturated rings. The number of nitrogens with zero attached hydrogens (tertiary/aromatic N) is 4. The standard InChI is InChI=1S/C19H21F2N5O4/c1-10-13(20)3-4-15(16(10)21)22-19(29)25-6-5-14-12(8-25)17-18(28)24(2)30-11(9-27)7-26(17)23-14/h3-4,11,27H,5-9H2,1-2H3,(H,22,29). The van der Waals surface area contributed by atoms with Gasteiger partial charge in [0.05, 0.1) is 31.1 Å². The highest BCUT2D eigenvalue weighted by Gasteiger charge is 2.35. The van der Waals surface area contributed by atoms with E-state index in [0.717, 1.165) is 11.1 Å².